The molecule has 0 spiro atoms. The SMILES string of the molecule is CC(=O)N[C@H]1O[C@@H](CO)[C@@H](O)[C@@H](O)[C@@H]1O. The Hall–Kier alpha value is -0.730. The van der Waals surface area contributed by atoms with Gasteiger partial charge in [0.2, 0.25) is 5.91 Å². The molecule has 1 aliphatic heterocycles. The molecule has 5 N–H and O–H groups in total. The molecule has 5 atom stereocenters. The fourth-order valence-electron chi connectivity index (χ4n) is 1.42. The normalized spacial score (nSPS) is 41.3. The number of aliphatic hydroxyl groups is 4. The van der Waals surface area contributed by atoms with E-state index in [1.54, 1.807) is 0 Å². The first-order valence-corrected chi connectivity index (χ1v) is 4.55. The quantitative estimate of drug-likeness (QED) is 0.337. The van der Waals surface area contributed by atoms with Crippen LogP contribution < -0.4 is 5.32 Å². The number of amides is 1. The van der Waals surface area contributed by atoms with Crippen LogP contribution in [0.15, 0.2) is 0 Å². The van der Waals surface area contributed by atoms with Crippen LogP contribution >= 0.6 is 0 Å². The Kier molecular flexibility index (Phi) is 4.00. The molecule has 0 aromatic carbocycles. The van der Waals surface area contributed by atoms with Gasteiger partial charge in [0.25, 0.3) is 0 Å². The minimum Gasteiger partial charge on any atom is -0.394 e. The van der Waals surface area contributed by atoms with Crippen LogP contribution in [0.5, 0.6) is 0 Å². The molecular formula is C8H15NO6. The summed E-state index contributed by atoms with van der Waals surface area (Å²) in [7, 11) is 0. The van der Waals surface area contributed by atoms with Crippen molar-refractivity contribution in [2.75, 3.05) is 6.61 Å². The van der Waals surface area contributed by atoms with Crippen molar-refractivity contribution >= 4 is 5.91 Å². The molecule has 0 unspecified atom stereocenters. The van der Waals surface area contributed by atoms with Crippen molar-refractivity contribution in [3.63, 3.8) is 0 Å². The summed E-state index contributed by atoms with van der Waals surface area (Å²) in [5.41, 5.74) is 0. The summed E-state index contributed by atoms with van der Waals surface area (Å²) >= 11 is 0. The van der Waals surface area contributed by atoms with Gasteiger partial charge >= 0.3 is 0 Å². The second kappa shape index (κ2) is 4.86. The zero-order valence-electron chi connectivity index (χ0n) is 8.20. The predicted octanol–water partition coefficient (Wildman–Crippen LogP) is -3.08. The lowest BCUT2D eigenvalue weighted by atomic mass is 9.98. The Balaban J connectivity index is 2.69. The van der Waals surface area contributed by atoms with Crippen LogP contribution in [0.25, 0.3) is 0 Å². The van der Waals surface area contributed by atoms with Gasteiger partial charge < -0.3 is 30.5 Å². The number of rotatable bonds is 2. The van der Waals surface area contributed by atoms with Gasteiger partial charge in [-0.2, -0.15) is 0 Å². The van der Waals surface area contributed by atoms with E-state index in [9.17, 15) is 20.1 Å². The van der Waals surface area contributed by atoms with Gasteiger partial charge in [0.1, 0.15) is 24.4 Å². The fourth-order valence-corrected chi connectivity index (χ4v) is 1.42. The Morgan fingerprint density at radius 2 is 1.87 bits per heavy atom. The van der Waals surface area contributed by atoms with E-state index in [1.165, 1.54) is 6.92 Å². The molecule has 0 aliphatic carbocycles. The molecule has 1 fully saturated rings. The molecule has 0 radical (unpaired) electrons. The highest BCUT2D eigenvalue weighted by Crippen LogP contribution is 2.19. The topological polar surface area (TPSA) is 119 Å². The number of nitrogens with one attached hydrogen (secondary N) is 1. The summed E-state index contributed by atoms with van der Waals surface area (Å²) in [5.74, 6) is -0.445. The maximum atomic E-state index is 10.7. The van der Waals surface area contributed by atoms with Crippen molar-refractivity contribution in [1.29, 1.82) is 0 Å². The molecule has 7 nitrogen and oxygen atoms in total. The summed E-state index contributed by atoms with van der Waals surface area (Å²) < 4.78 is 5.00. The maximum absolute atomic E-state index is 10.7. The van der Waals surface area contributed by atoms with Crippen LogP contribution in [-0.2, 0) is 9.53 Å². The highest BCUT2D eigenvalue weighted by Gasteiger charge is 2.43. The second-order valence-corrected chi connectivity index (χ2v) is 3.45. The highest BCUT2D eigenvalue weighted by atomic mass is 16.6. The molecule has 15 heavy (non-hydrogen) atoms. The smallest absolute Gasteiger partial charge is 0.218 e. The molecule has 0 aromatic rings. The average Bonchev–Trinajstić information content (AvgIpc) is 2.18. The first-order chi connectivity index (χ1) is 6.97. The van der Waals surface area contributed by atoms with Gasteiger partial charge in [-0.25, -0.2) is 0 Å². The van der Waals surface area contributed by atoms with Crippen molar-refractivity contribution in [1.82, 2.24) is 5.32 Å². The van der Waals surface area contributed by atoms with Gasteiger partial charge in [-0.1, -0.05) is 0 Å². The molecule has 0 saturated carbocycles. The summed E-state index contributed by atoms with van der Waals surface area (Å²) in [5, 5.41) is 39.3. The molecule has 7 heteroatoms. The number of aliphatic hydroxyl groups excluding tert-OH is 4. The number of hydrogen-bond donors (Lipinski definition) is 5. The summed E-state index contributed by atoms with van der Waals surface area (Å²) in [6, 6.07) is 0. The van der Waals surface area contributed by atoms with Crippen LogP contribution in [0.4, 0.5) is 0 Å². The van der Waals surface area contributed by atoms with E-state index >= 15 is 0 Å². The Morgan fingerprint density at radius 1 is 1.27 bits per heavy atom. The molecule has 0 aromatic heterocycles. The monoisotopic (exact) mass is 221 g/mol. The third-order valence-electron chi connectivity index (χ3n) is 2.24. The Morgan fingerprint density at radius 3 is 2.33 bits per heavy atom. The van der Waals surface area contributed by atoms with E-state index in [0.29, 0.717) is 0 Å². The van der Waals surface area contributed by atoms with Gasteiger partial charge in [-0.3, -0.25) is 4.79 Å². The minimum absolute atomic E-state index is 0.445. The first-order valence-electron chi connectivity index (χ1n) is 4.55. The van der Waals surface area contributed by atoms with Crippen molar-refractivity contribution in [2.24, 2.45) is 0 Å². The Bertz CT molecular complexity index is 233. The minimum atomic E-state index is -1.47. The molecule has 1 heterocycles. The molecule has 1 rings (SSSR count). The van der Waals surface area contributed by atoms with Crippen molar-refractivity contribution < 1.29 is 30.0 Å². The fraction of sp³-hybridized carbons (Fsp3) is 0.875. The van der Waals surface area contributed by atoms with E-state index in [2.05, 4.69) is 5.32 Å². The summed E-state index contributed by atoms with van der Waals surface area (Å²) in [6.45, 7) is 0.711. The van der Waals surface area contributed by atoms with E-state index in [0.717, 1.165) is 0 Å². The molecular weight excluding hydrogens is 206 g/mol. The van der Waals surface area contributed by atoms with Gasteiger partial charge in [0, 0.05) is 6.92 Å². The largest absolute Gasteiger partial charge is 0.394 e. The van der Waals surface area contributed by atoms with Crippen LogP contribution in [0, 0.1) is 0 Å². The first kappa shape index (κ1) is 12.3. The van der Waals surface area contributed by atoms with Gasteiger partial charge in [0.15, 0.2) is 6.23 Å². The van der Waals surface area contributed by atoms with Crippen molar-refractivity contribution in [2.45, 2.75) is 37.6 Å². The molecule has 0 bridgehead atoms. The van der Waals surface area contributed by atoms with Crippen LogP contribution in [0.3, 0.4) is 0 Å². The average molecular weight is 221 g/mol. The number of carbonyl (C=O) groups is 1. The number of hydrogen-bond acceptors (Lipinski definition) is 6. The van der Waals surface area contributed by atoms with E-state index < -0.39 is 43.2 Å². The van der Waals surface area contributed by atoms with E-state index in [4.69, 9.17) is 9.84 Å². The van der Waals surface area contributed by atoms with Gasteiger partial charge in [0.05, 0.1) is 6.61 Å². The maximum Gasteiger partial charge on any atom is 0.218 e. The third kappa shape index (κ3) is 2.64. The van der Waals surface area contributed by atoms with E-state index in [1.807, 2.05) is 0 Å². The highest BCUT2D eigenvalue weighted by molar-refractivity contribution is 5.73. The van der Waals surface area contributed by atoms with Gasteiger partial charge in [-0.05, 0) is 0 Å². The lowest BCUT2D eigenvalue weighted by Gasteiger charge is -2.39. The lowest BCUT2D eigenvalue weighted by molar-refractivity contribution is -0.235. The zero-order chi connectivity index (χ0) is 11.6. The van der Waals surface area contributed by atoms with Crippen LogP contribution in [-0.4, -0.2) is 63.6 Å². The van der Waals surface area contributed by atoms with Crippen LogP contribution in [0.2, 0.25) is 0 Å². The summed E-state index contributed by atoms with van der Waals surface area (Å²) in [4.78, 5) is 10.7. The van der Waals surface area contributed by atoms with Crippen molar-refractivity contribution in [3.05, 3.63) is 0 Å². The zero-order valence-corrected chi connectivity index (χ0v) is 8.20. The third-order valence-corrected chi connectivity index (χ3v) is 2.24. The van der Waals surface area contributed by atoms with Crippen LogP contribution in [0.1, 0.15) is 6.92 Å². The predicted molar refractivity (Wildman–Crippen MR) is 47.6 cm³/mol. The standard InChI is InChI=1S/C8H15NO6/c1-3(11)9-8-7(14)6(13)5(12)4(2-10)15-8/h4-8,10,12-14H,2H2,1H3,(H,9,11)/t4-,5+,6+,7-,8-/m0/s1. The van der Waals surface area contributed by atoms with E-state index in [-0.39, 0.29) is 0 Å². The number of ether oxygens (including phenoxy) is 1. The molecule has 1 aliphatic rings. The Labute approximate surface area is 86.3 Å². The van der Waals surface area contributed by atoms with Gasteiger partial charge in [-0.15, -0.1) is 0 Å². The van der Waals surface area contributed by atoms with Crippen molar-refractivity contribution in [3.8, 4) is 0 Å². The summed E-state index contributed by atoms with van der Waals surface area (Å²) in [6.07, 6.45) is -6.42. The second-order valence-electron chi connectivity index (χ2n) is 3.45. The lowest BCUT2D eigenvalue weighted by Crippen LogP contribution is -2.63. The molecule has 88 valence electrons. The molecule has 1 saturated heterocycles. The number of carbonyl (C=O) groups excluding carboxylic acids is 1. The molecule has 1 amide bonds.